The number of amides is 2. The molecule has 2 N–H and O–H groups in total. The number of hydrogen-bond acceptors (Lipinski definition) is 6. The first-order valence-corrected chi connectivity index (χ1v) is 12.2. The van der Waals surface area contributed by atoms with E-state index in [1.54, 1.807) is 36.4 Å². The quantitative estimate of drug-likeness (QED) is 0.273. The minimum absolute atomic E-state index is 0.0934. The van der Waals surface area contributed by atoms with Gasteiger partial charge in [0, 0.05) is 17.1 Å². The molecule has 0 unspecified atom stereocenters. The van der Waals surface area contributed by atoms with Gasteiger partial charge in [0.25, 0.3) is 0 Å². The zero-order chi connectivity index (χ0) is 24.8. The van der Waals surface area contributed by atoms with E-state index in [1.807, 2.05) is 36.4 Å². The Hall–Kier alpha value is -4.37. The molecule has 0 bridgehead atoms. The number of carbonyl (C=O) groups excluding carboxylic acids is 2. The van der Waals surface area contributed by atoms with Crippen molar-refractivity contribution in [2.45, 2.75) is 5.75 Å². The Labute approximate surface area is 202 Å². The van der Waals surface area contributed by atoms with E-state index in [9.17, 15) is 18.0 Å². The topological polar surface area (TPSA) is 111 Å². The smallest absolute Gasteiger partial charge is 0.341 e. The van der Waals surface area contributed by atoms with Crippen LogP contribution in [-0.4, -0.2) is 27.5 Å². The molecule has 0 heterocycles. The number of esters is 1. The maximum Gasteiger partial charge on any atom is 0.341 e. The van der Waals surface area contributed by atoms with Gasteiger partial charge in [-0.25, -0.2) is 9.59 Å². The average Bonchev–Trinajstić information content (AvgIpc) is 2.84. The maximum absolute atomic E-state index is 12.7. The van der Waals surface area contributed by atoms with Crippen LogP contribution in [0.3, 0.4) is 0 Å². The molecular formula is C26H22N2O6S. The Morgan fingerprint density at radius 1 is 0.829 bits per heavy atom. The summed E-state index contributed by atoms with van der Waals surface area (Å²) in [6, 6.07) is 25.1. The lowest BCUT2D eigenvalue weighted by Crippen LogP contribution is -2.20. The van der Waals surface area contributed by atoms with Gasteiger partial charge in [-0.05, 0) is 29.1 Å². The number of fused-ring (bicyclic) bond motifs is 1. The van der Waals surface area contributed by atoms with Gasteiger partial charge in [-0.1, -0.05) is 66.7 Å². The number of methoxy groups -OCH3 is 1. The molecule has 0 aliphatic heterocycles. The van der Waals surface area contributed by atoms with Gasteiger partial charge >= 0.3 is 22.1 Å². The minimum atomic E-state index is -4.11. The van der Waals surface area contributed by atoms with Crippen LogP contribution in [0.1, 0.15) is 15.9 Å². The van der Waals surface area contributed by atoms with Crippen LogP contribution in [-0.2, 0) is 20.6 Å². The molecule has 2 amide bonds. The van der Waals surface area contributed by atoms with Crippen LogP contribution in [0, 0.1) is 0 Å². The van der Waals surface area contributed by atoms with E-state index in [0.29, 0.717) is 11.3 Å². The van der Waals surface area contributed by atoms with Crippen LogP contribution in [0.15, 0.2) is 91.0 Å². The number of urea groups is 1. The highest BCUT2D eigenvalue weighted by molar-refractivity contribution is 7.86. The lowest BCUT2D eigenvalue weighted by atomic mass is 10.1. The SMILES string of the molecule is COC(=O)c1ccc(NC(=O)Nc2cccc3ccccc23)cc1OS(=O)(=O)Cc1ccccc1. The molecule has 0 fully saturated rings. The second kappa shape index (κ2) is 10.3. The highest BCUT2D eigenvalue weighted by atomic mass is 32.2. The van der Waals surface area contributed by atoms with E-state index in [1.165, 1.54) is 25.3 Å². The Kier molecular flexibility index (Phi) is 6.98. The van der Waals surface area contributed by atoms with Crippen LogP contribution in [0.5, 0.6) is 5.75 Å². The standard InChI is InChI=1S/C26H22N2O6S/c1-33-25(29)22-15-14-20(16-24(22)34-35(31,32)17-18-8-3-2-4-9-18)27-26(30)28-23-13-7-11-19-10-5-6-12-21(19)23/h2-16H,17H2,1H3,(H2,27,28,30). The summed E-state index contributed by atoms with van der Waals surface area (Å²) in [6.45, 7) is 0. The largest absolute Gasteiger partial charge is 0.465 e. The van der Waals surface area contributed by atoms with Crippen molar-refractivity contribution in [3.8, 4) is 5.75 Å². The molecule has 0 aliphatic rings. The Balaban J connectivity index is 1.56. The zero-order valence-corrected chi connectivity index (χ0v) is 19.5. The molecular weight excluding hydrogens is 468 g/mol. The zero-order valence-electron chi connectivity index (χ0n) is 18.7. The molecule has 4 aromatic carbocycles. The Morgan fingerprint density at radius 2 is 1.54 bits per heavy atom. The third-order valence-corrected chi connectivity index (χ3v) is 6.21. The van der Waals surface area contributed by atoms with E-state index in [-0.39, 0.29) is 17.0 Å². The van der Waals surface area contributed by atoms with Crippen LogP contribution in [0.2, 0.25) is 0 Å². The molecule has 4 rings (SSSR count). The summed E-state index contributed by atoms with van der Waals surface area (Å²) in [6.07, 6.45) is 0. The number of ether oxygens (including phenoxy) is 1. The summed E-state index contributed by atoms with van der Waals surface area (Å²) in [5, 5.41) is 7.25. The summed E-state index contributed by atoms with van der Waals surface area (Å²) in [7, 11) is -2.93. The number of rotatable bonds is 7. The molecule has 4 aromatic rings. The molecule has 8 nitrogen and oxygen atoms in total. The summed E-state index contributed by atoms with van der Waals surface area (Å²) < 4.78 is 35.3. The summed E-state index contributed by atoms with van der Waals surface area (Å²) in [5.41, 5.74) is 1.26. The molecule has 178 valence electrons. The second-order valence-electron chi connectivity index (χ2n) is 7.58. The van der Waals surface area contributed by atoms with Gasteiger partial charge in [0.15, 0.2) is 5.75 Å². The van der Waals surface area contributed by atoms with Gasteiger partial charge in [0.1, 0.15) is 11.3 Å². The van der Waals surface area contributed by atoms with Crippen molar-refractivity contribution < 1.29 is 26.9 Å². The van der Waals surface area contributed by atoms with E-state index in [0.717, 1.165) is 10.8 Å². The van der Waals surface area contributed by atoms with Crippen molar-refractivity contribution in [3.63, 3.8) is 0 Å². The third-order valence-electron chi connectivity index (χ3n) is 5.09. The predicted octanol–water partition coefficient (Wildman–Crippen LogP) is 5.18. The summed E-state index contributed by atoms with van der Waals surface area (Å²) in [4.78, 5) is 24.8. The molecule has 0 saturated carbocycles. The van der Waals surface area contributed by atoms with Crippen molar-refractivity contribution in [3.05, 3.63) is 102 Å². The number of hydrogen-bond donors (Lipinski definition) is 2. The molecule has 0 spiro atoms. The van der Waals surface area contributed by atoms with Gasteiger partial charge in [0.05, 0.1) is 12.8 Å². The van der Waals surface area contributed by atoms with E-state index < -0.39 is 27.9 Å². The molecule has 0 saturated heterocycles. The lowest BCUT2D eigenvalue weighted by molar-refractivity contribution is 0.0599. The van der Waals surface area contributed by atoms with Gasteiger partial charge in [-0.3, -0.25) is 0 Å². The first-order chi connectivity index (χ1) is 16.8. The van der Waals surface area contributed by atoms with E-state index in [4.69, 9.17) is 8.92 Å². The third kappa shape index (κ3) is 5.96. The predicted molar refractivity (Wildman–Crippen MR) is 134 cm³/mol. The van der Waals surface area contributed by atoms with Crippen LogP contribution in [0.4, 0.5) is 16.2 Å². The fraction of sp³-hybridized carbons (Fsp3) is 0.0769. The fourth-order valence-corrected chi connectivity index (χ4v) is 4.58. The average molecular weight is 491 g/mol. The fourth-order valence-electron chi connectivity index (χ4n) is 3.51. The molecule has 0 atom stereocenters. The molecule has 0 aromatic heterocycles. The molecule has 0 radical (unpaired) electrons. The van der Waals surface area contributed by atoms with Crippen molar-refractivity contribution in [1.82, 2.24) is 0 Å². The Morgan fingerprint density at radius 3 is 2.31 bits per heavy atom. The first-order valence-electron chi connectivity index (χ1n) is 10.6. The van der Waals surface area contributed by atoms with Gasteiger partial charge in [-0.2, -0.15) is 8.42 Å². The van der Waals surface area contributed by atoms with Crippen LogP contribution < -0.4 is 14.8 Å². The molecule has 9 heteroatoms. The lowest BCUT2D eigenvalue weighted by Gasteiger charge is -2.14. The first kappa shape index (κ1) is 23.8. The van der Waals surface area contributed by atoms with Gasteiger partial charge in [0.2, 0.25) is 0 Å². The molecule has 35 heavy (non-hydrogen) atoms. The summed E-state index contributed by atoms with van der Waals surface area (Å²) in [5.74, 6) is -1.43. The summed E-state index contributed by atoms with van der Waals surface area (Å²) >= 11 is 0. The number of anilines is 2. The van der Waals surface area contributed by atoms with E-state index in [2.05, 4.69) is 10.6 Å². The van der Waals surface area contributed by atoms with Gasteiger partial charge in [-0.15, -0.1) is 0 Å². The minimum Gasteiger partial charge on any atom is -0.465 e. The van der Waals surface area contributed by atoms with Crippen molar-refractivity contribution in [1.29, 1.82) is 0 Å². The van der Waals surface area contributed by atoms with Gasteiger partial charge < -0.3 is 19.6 Å². The van der Waals surface area contributed by atoms with E-state index >= 15 is 0 Å². The number of nitrogens with one attached hydrogen (secondary N) is 2. The van der Waals surface area contributed by atoms with Crippen molar-refractivity contribution >= 4 is 44.3 Å². The molecule has 0 aliphatic carbocycles. The van der Waals surface area contributed by atoms with Crippen LogP contribution >= 0.6 is 0 Å². The monoisotopic (exact) mass is 490 g/mol. The Bertz CT molecular complexity index is 1480. The number of carbonyl (C=O) groups is 2. The normalized spacial score (nSPS) is 11.0. The van der Waals surface area contributed by atoms with Crippen molar-refractivity contribution in [2.24, 2.45) is 0 Å². The highest BCUT2D eigenvalue weighted by Gasteiger charge is 2.21. The maximum atomic E-state index is 12.7. The second-order valence-corrected chi connectivity index (χ2v) is 9.15. The van der Waals surface area contributed by atoms with Crippen molar-refractivity contribution in [2.75, 3.05) is 17.7 Å². The van der Waals surface area contributed by atoms with Crippen LogP contribution in [0.25, 0.3) is 10.8 Å². The number of benzene rings is 4. The highest BCUT2D eigenvalue weighted by Crippen LogP contribution is 2.27.